The second-order valence-electron chi connectivity index (χ2n) is 8.22. The third-order valence-electron chi connectivity index (χ3n) is 5.99. The Morgan fingerprint density at radius 3 is 2.87 bits per heavy atom. The fourth-order valence-electron chi connectivity index (χ4n) is 4.32. The first-order valence-electron chi connectivity index (χ1n) is 10.8. The van der Waals surface area contributed by atoms with E-state index < -0.39 is 0 Å². The lowest BCUT2D eigenvalue weighted by Crippen LogP contribution is -2.54. The van der Waals surface area contributed by atoms with Gasteiger partial charge in [0.1, 0.15) is 0 Å². The lowest BCUT2D eigenvalue weighted by molar-refractivity contribution is -0.114. The molecule has 1 N–H and O–H groups in total. The summed E-state index contributed by atoms with van der Waals surface area (Å²) in [6, 6.07) is 14.9. The molecule has 0 radical (unpaired) electrons. The number of carbonyl (C=O) groups is 1. The van der Waals surface area contributed by atoms with Crippen LogP contribution >= 0.6 is 11.8 Å². The molecule has 1 amide bonds. The van der Waals surface area contributed by atoms with Gasteiger partial charge < -0.3 is 24.6 Å². The summed E-state index contributed by atoms with van der Waals surface area (Å²) in [6.45, 7) is 7.26. The number of amides is 1. The molecule has 7 heteroatoms. The molecule has 0 aromatic heterocycles. The second kappa shape index (κ2) is 8.48. The Morgan fingerprint density at radius 2 is 1.97 bits per heavy atom. The van der Waals surface area contributed by atoms with Crippen LogP contribution in [0.4, 0.5) is 11.4 Å². The Hall–Kier alpha value is -2.64. The molecule has 0 aliphatic carbocycles. The van der Waals surface area contributed by atoms with Crippen molar-refractivity contribution in [3.8, 4) is 11.5 Å². The van der Waals surface area contributed by atoms with E-state index in [1.807, 2.05) is 29.2 Å². The van der Waals surface area contributed by atoms with Crippen LogP contribution in [0.2, 0.25) is 0 Å². The summed E-state index contributed by atoms with van der Waals surface area (Å²) >= 11 is 1.63. The number of hydrogen-bond acceptors (Lipinski definition) is 6. The zero-order chi connectivity index (χ0) is 21.4. The van der Waals surface area contributed by atoms with Gasteiger partial charge in [0.05, 0.1) is 4.91 Å². The normalized spacial score (nSPS) is 24.7. The number of ether oxygens (including phenoxy) is 2. The average molecular weight is 438 g/mol. The SMILES string of the molecule is CC1CN(c2ccccc2/C=C2\SCCN(c3ccc4c(c3)OCO4)C2=O)C(C)CN1. The van der Waals surface area contributed by atoms with Crippen LogP contribution in [0.1, 0.15) is 19.4 Å². The fourth-order valence-corrected chi connectivity index (χ4v) is 5.25. The minimum absolute atomic E-state index is 0.0339. The van der Waals surface area contributed by atoms with Crippen molar-refractivity contribution in [2.24, 2.45) is 0 Å². The van der Waals surface area contributed by atoms with Gasteiger partial charge in [0, 0.05) is 54.9 Å². The van der Waals surface area contributed by atoms with Crippen molar-refractivity contribution >= 4 is 35.1 Å². The Morgan fingerprint density at radius 1 is 1.13 bits per heavy atom. The number of carbonyl (C=O) groups excluding carboxylic acids is 1. The average Bonchev–Trinajstić information content (AvgIpc) is 3.25. The van der Waals surface area contributed by atoms with Gasteiger partial charge in [0.2, 0.25) is 6.79 Å². The van der Waals surface area contributed by atoms with Gasteiger partial charge in [-0.25, -0.2) is 0 Å². The predicted octanol–water partition coefficient (Wildman–Crippen LogP) is 3.72. The van der Waals surface area contributed by atoms with E-state index in [4.69, 9.17) is 9.47 Å². The van der Waals surface area contributed by atoms with Gasteiger partial charge in [-0.05, 0) is 43.7 Å². The molecule has 2 atom stereocenters. The molecule has 6 nitrogen and oxygen atoms in total. The van der Waals surface area contributed by atoms with Crippen LogP contribution in [-0.2, 0) is 4.79 Å². The molecule has 5 rings (SSSR count). The monoisotopic (exact) mass is 437 g/mol. The molecule has 0 spiro atoms. The predicted molar refractivity (Wildman–Crippen MR) is 126 cm³/mol. The van der Waals surface area contributed by atoms with Crippen LogP contribution in [-0.4, -0.2) is 50.2 Å². The van der Waals surface area contributed by atoms with Crippen molar-refractivity contribution in [1.29, 1.82) is 0 Å². The van der Waals surface area contributed by atoms with Crippen molar-refractivity contribution in [2.45, 2.75) is 25.9 Å². The van der Waals surface area contributed by atoms with Gasteiger partial charge >= 0.3 is 0 Å². The van der Waals surface area contributed by atoms with E-state index in [0.29, 0.717) is 24.4 Å². The third-order valence-corrected chi connectivity index (χ3v) is 6.98. The maximum absolute atomic E-state index is 13.4. The van der Waals surface area contributed by atoms with Crippen molar-refractivity contribution in [1.82, 2.24) is 5.32 Å². The second-order valence-corrected chi connectivity index (χ2v) is 9.36. The third kappa shape index (κ3) is 4.00. The summed E-state index contributed by atoms with van der Waals surface area (Å²) in [5.74, 6) is 2.31. The van der Waals surface area contributed by atoms with Gasteiger partial charge in [0.25, 0.3) is 5.91 Å². The first kappa shape index (κ1) is 20.3. The molecule has 162 valence electrons. The van der Waals surface area contributed by atoms with Crippen LogP contribution in [0.3, 0.4) is 0 Å². The minimum atomic E-state index is 0.0339. The largest absolute Gasteiger partial charge is 0.454 e. The van der Waals surface area contributed by atoms with Crippen molar-refractivity contribution < 1.29 is 14.3 Å². The van der Waals surface area contributed by atoms with E-state index in [1.54, 1.807) is 11.8 Å². The Kier molecular flexibility index (Phi) is 5.54. The lowest BCUT2D eigenvalue weighted by atomic mass is 10.1. The molecule has 0 bridgehead atoms. The number of benzene rings is 2. The molecule has 2 saturated heterocycles. The van der Waals surface area contributed by atoms with Gasteiger partial charge in [-0.3, -0.25) is 4.79 Å². The summed E-state index contributed by atoms with van der Waals surface area (Å²) in [5.41, 5.74) is 3.12. The Labute approximate surface area is 187 Å². The first-order valence-corrected chi connectivity index (χ1v) is 11.7. The minimum Gasteiger partial charge on any atom is -0.454 e. The summed E-state index contributed by atoms with van der Waals surface area (Å²) in [4.78, 5) is 18.4. The van der Waals surface area contributed by atoms with Crippen LogP contribution < -0.4 is 24.6 Å². The van der Waals surface area contributed by atoms with Crippen LogP contribution in [0.5, 0.6) is 11.5 Å². The molecule has 3 heterocycles. The van der Waals surface area contributed by atoms with Gasteiger partial charge in [-0.2, -0.15) is 0 Å². The van der Waals surface area contributed by atoms with E-state index in [0.717, 1.165) is 40.7 Å². The van der Waals surface area contributed by atoms with Crippen LogP contribution in [0, 0.1) is 0 Å². The highest BCUT2D eigenvalue weighted by Gasteiger charge is 2.28. The first-order chi connectivity index (χ1) is 15.1. The number of nitrogens with zero attached hydrogens (tertiary/aromatic N) is 2. The molecule has 3 aliphatic heterocycles. The Balaban J connectivity index is 1.44. The zero-order valence-corrected chi connectivity index (χ0v) is 18.7. The molecule has 31 heavy (non-hydrogen) atoms. The number of anilines is 2. The van der Waals surface area contributed by atoms with Crippen LogP contribution in [0.15, 0.2) is 47.4 Å². The standard InChI is InChI=1S/C24H27N3O3S/c1-16-14-27(17(2)13-25-16)20-6-4-3-5-18(20)11-23-24(28)26(9-10-31-23)19-7-8-21-22(12-19)30-15-29-21/h3-8,11-12,16-17,25H,9-10,13-15H2,1-2H3/b23-11-. The smallest absolute Gasteiger partial charge is 0.264 e. The zero-order valence-electron chi connectivity index (χ0n) is 17.8. The number of piperazine rings is 1. The van der Waals surface area contributed by atoms with Gasteiger partial charge in [-0.15, -0.1) is 11.8 Å². The summed E-state index contributed by atoms with van der Waals surface area (Å²) < 4.78 is 10.9. The quantitative estimate of drug-likeness (QED) is 0.739. The maximum atomic E-state index is 13.4. The van der Waals surface area contributed by atoms with E-state index in [-0.39, 0.29) is 12.7 Å². The van der Waals surface area contributed by atoms with Crippen molar-refractivity contribution in [3.05, 3.63) is 52.9 Å². The summed E-state index contributed by atoms with van der Waals surface area (Å²) in [5, 5.41) is 3.54. The van der Waals surface area contributed by atoms with Crippen molar-refractivity contribution in [2.75, 3.05) is 42.0 Å². The highest BCUT2D eigenvalue weighted by atomic mass is 32.2. The molecule has 3 aliphatic rings. The van der Waals surface area contributed by atoms with E-state index in [2.05, 4.69) is 48.3 Å². The van der Waals surface area contributed by atoms with E-state index in [9.17, 15) is 4.79 Å². The highest BCUT2D eigenvalue weighted by Crippen LogP contribution is 2.38. The van der Waals surface area contributed by atoms with Gasteiger partial charge in [-0.1, -0.05) is 18.2 Å². The molecule has 2 aromatic rings. The number of fused-ring (bicyclic) bond motifs is 1. The Bertz CT molecular complexity index is 1020. The fraction of sp³-hybridized carbons (Fsp3) is 0.375. The van der Waals surface area contributed by atoms with Crippen LogP contribution in [0.25, 0.3) is 6.08 Å². The summed E-state index contributed by atoms with van der Waals surface area (Å²) in [6.07, 6.45) is 2.06. The molecule has 2 fully saturated rings. The topological polar surface area (TPSA) is 54.0 Å². The van der Waals surface area contributed by atoms with E-state index >= 15 is 0 Å². The molecule has 0 saturated carbocycles. The van der Waals surface area contributed by atoms with Gasteiger partial charge in [0.15, 0.2) is 11.5 Å². The number of hydrogen-bond donors (Lipinski definition) is 1. The van der Waals surface area contributed by atoms with Crippen molar-refractivity contribution in [3.63, 3.8) is 0 Å². The number of thioether (sulfide) groups is 1. The number of rotatable bonds is 3. The van der Waals surface area contributed by atoms with E-state index in [1.165, 1.54) is 5.69 Å². The maximum Gasteiger partial charge on any atom is 0.264 e. The lowest BCUT2D eigenvalue weighted by Gasteiger charge is -2.40. The molecule has 2 unspecified atom stereocenters. The highest BCUT2D eigenvalue weighted by molar-refractivity contribution is 8.04. The molecular formula is C24H27N3O3S. The molecule has 2 aromatic carbocycles. The number of para-hydroxylation sites is 1. The number of nitrogens with one attached hydrogen (secondary N) is 1. The molecular weight excluding hydrogens is 410 g/mol. The summed E-state index contributed by atoms with van der Waals surface area (Å²) in [7, 11) is 0.